The van der Waals surface area contributed by atoms with Gasteiger partial charge in [0.25, 0.3) is 5.91 Å². The number of amides is 1. The highest BCUT2D eigenvalue weighted by Crippen LogP contribution is 2.21. The highest BCUT2D eigenvalue weighted by Gasteiger charge is 2.24. The summed E-state index contributed by atoms with van der Waals surface area (Å²) in [5.74, 6) is 0.499. The van der Waals surface area contributed by atoms with E-state index in [1.165, 1.54) is 10.4 Å². The molecule has 152 valence electrons. The van der Waals surface area contributed by atoms with E-state index in [2.05, 4.69) is 5.32 Å². The molecule has 7 heteroatoms. The van der Waals surface area contributed by atoms with Gasteiger partial charge in [-0.05, 0) is 48.7 Å². The van der Waals surface area contributed by atoms with E-state index in [1.54, 1.807) is 40.0 Å². The van der Waals surface area contributed by atoms with Crippen LogP contribution in [0.4, 0.5) is 0 Å². The van der Waals surface area contributed by atoms with Gasteiger partial charge in [0.05, 0.1) is 12.0 Å². The molecule has 0 saturated carbocycles. The lowest BCUT2D eigenvalue weighted by atomic mass is 10.1. The maximum atomic E-state index is 12.8. The predicted octanol–water partition coefficient (Wildman–Crippen LogP) is 3.01. The summed E-state index contributed by atoms with van der Waals surface area (Å²) in [6.45, 7) is 6.56. The van der Waals surface area contributed by atoms with E-state index in [-0.39, 0.29) is 10.8 Å². The number of ether oxygens (including phenoxy) is 1. The van der Waals surface area contributed by atoms with Gasteiger partial charge in [-0.25, -0.2) is 8.42 Å². The van der Waals surface area contributed by atoms with Crippen LogP contribution in [0.1, 0.15) is 35.3 Å². The Morgan fingerprint density at radius 3 is 2.29 bits per heavy atom. The molecule has 2 aromatic carbocycles. The molecule has 1 N–H and O–H groups in total. The predicted molar refractivity (Wildman–Crippen MR) is 110 cm³/mol. The number of carbonyl (C=O) groups is 1. The van der Waals surface area contributed by atoms with E-state index in [1.807, 2.05) is 24.3 Å². The first-order valence-corrected chi connectivity index (χ1v) is 10.8. The van der Waals surface area contributed by atoms with Crippen molar-refractivity contribution in [2.24, 2.45) is 0 Å². The molecule has 0 bridgehead atoms. The second kappa shape index (κ2) is 9.71. The van der Waals surface area contributed by atoms with Gasteiger partial charge in [0, 0.05) is 25.2 Å². The Hall–Kier alpha value is -2.38. The number of hydrogen-bond acceptors (Lipinski definition) is 4. The van der Waals surface area contributed by atoms with Crippen molar-refractivity contribution in [3.8, 4) is 5.75 Å². The van der Waals surface area contributed by atoms with Crippen LogP contribution in [0.3, 0.4) is 0 Å². The third kappa shape index (κ3) is 5.11. The summed E-state index contributed by atoms with van der Waals surface area (Å²) >= 11 is 0. The molecule has 0 heterocycles. The fraction of sp³-hybridized carbons (Fsp3) is 0.381. The lowest BCUT2D eigenvalue weighted by molar-refractivity contribution is 0.0954. The summed E-state index contributed by atoms with van der Waals surface area (Å²) < 4.78 is 32.2. The summed E-state index contributed by atoms with van der Waals surface area (Å²) in [5.41, 5.74) is 2.04. The van der Waals surface area contributed by atoms with Crippen molar-refractivity contribution in [3.63, 3.8) is 0 Å². The van der Waals surface area contributed by atoms with Crippen LogP contribution >= 0.6 is 0 Å². The van der Waals surface area contributed by atoms with E-state index in [0.717, 1.165) is 11.3 Å². The molecule has 0 radical (unpaired) electrons. The lowest BCUT2D eigenvalue weighted by Gasteiger charge is -2.20. The van der Waals surface area contributed by atoms with Gasteiger partial charge in [0.2, 0.25) is 10.0 Å². The van der Waals surface area contributed by atoms with Gasteiger partial charge < -0.3 is 10.1 Å². The zero-order chi connectivity index (χ0) is 20.7. The number of aryl methyl sites for hydroxylation is 1. The fourth-order valence-corrected chi connectivity index (χ4v) is 4.65. The third-order valence-electron chi connectivity index (χ3n) is 4.63. The maximum absolute atomic E-state index is 12.8. The number of methoxy groups -OCH3 is 1. The van der Waals surface area contributed by atoms with Crippen molar-refractivity contribution in [2.75, 3.05) is 26.7 Å². The second-order valence-electron chi connectivity index (χ2n) is 6.42. The van der Waals surface area contributed by atoms with Crippen LogP contribution < -0.4 is 10.1 Å². The average molecular weight is 405 g/mol. The van der Waals surface area contributed by atoms with Gasteiger partial charge in [-0.3, -0.25) is 4.79 Å². The number of rotatable bonds is 9. The molecule has 0 fully saturated rings. The number of hydrogen-bond donors (Lipinski definition) is 1. The SMILES string of the molecule is CCN(CC)S(=O)(=O)c1cc(C(=O)NCCc2ccc(OC)cc2)ccc1C. The number of sulfonamides is 1. The summed E-state index contributed by atoms with van der Waals surface area (Å²) in [4.78, 5) is 12.7. The Bertz CT molecular complexity index is 905. The van der Waals surface area contributed by atoms with Crippen LogP contribution in [-0.2, 0) is 16.4 Å². The van der Waals surface area contributed by atoms with Crippen LogP contribution in [0.25, 0.3) is 0 Å². The Balaban J connectivity index is 2.09. The Kier molecular flexibility index (Phi) is 7.60. The molecule has 0 spiro atoms. The highest BCUT2D eigenvalue weighted by atomic mass is 32.2. The maximum Gasteiger partial charge on any atom is 0.251 e. The minimum atomic E-state index is -3.62. The summed E-state index contributed by atoms with van der Waals surface area (Å²) in [5, 5.41) is 2.85. The molecular formula is C21H28N2O4S. The first kappa shape index (κ1) is 21.9. The normalized spacial score (nSPS) is 11.5. The zero-order valence-electron chi connectivity index (χ0n) is 16.9. The molecule has 28 heavy (non-hydrogen) atoms. The van der Waals surface area contributed by atoms with Crippen molar-refractivity contribution in [1.29, 1.82) is 0 Å². The summed E-state index contributed by atoms with van der Waals surface area (Å²) in [7, 11) is -2.00. The number of nitrogens with one attached hydrogen (secondary N) is 1. The Morgan fingerprint density at radius 2 is 1.71 bits per heavy atom. The van der Waals surface area contributed by atoms with Gasteiger partial charge in [-0.1, -0.05) is 32.0 Å². The van der Waals surface area contributed by atoms with Crippen LogP contribution in [-0.4, -0.2) is 45.4 Å². The van der Waals surface area contributed by atoms with Crippen molar-refractivity contribution in [2.45, 2.75) is 32.1 Å². The van der Waals surface area contributed by atoms with Crippen LogP contribution in [0.15, 0.2) is 47.4 Å². The molecular weight excluding hydrogens is 376 g/mol. The van der Waals surface area contributed by atoms with Crippen LogP contribution in [0.2, 0.25) is 0 Å². The van der Waals surface area contributed by atoms with Gasteiger partial charge in [0.1, 0.15) is 5.75 Å². The fourth-order valence-electron chi connectivity index (χ4n) is 2.94. The quantitative estimate of drug-likeness (QED) is 0.697. The van der Waals surface area contributed by atoms with Gasteiger partial charge in [0.15, 0.2) is 0 Å². The lowest BCUT2D eigenvalue weighted by Crippen LogP contribution is -2.31. The summed E-state index contributed by atoms with van der Waals surface area (Å²) in [6.07, 6.45) is 0.673. The molecule has 0 aromatic heterocycles. The third-order valence-corrected chi connectivity index (χ3v) is 6.82. The van der Waals surface area contributed by atoms with Crippen molar-refractivity contribution < 1.29 is 17.9 Å². The molecule has 0 aliphatic carbocycles. The molecule has 1 amide bonds. The number of carbonyl (C=O) groups excluding carboxylic acids is 1. The van der Waals surface area contributed by atoms with E-state index in [9.17, 15) is 13.2 Å². The van der Waals surface area contributed by atoms with Crippen LogP contribution in [0.5, 0.6) is 5.75 Å². The summed E-state index contributed by atoms with van der Waals surface area (Å²) in [6, 6.07) is 12.4. The molecule has 0 unspecified atom stereocenters. The molecule has 6 nitrogen and oxygen atoms in total. The molecule has 2 rings (SSSR count). The molecule has 0 atom stereocenters. The van der Waals surface area contributed by atoms with E-state index < -0.39 is 10.0 Å². The van der Waals surface area contributed by atoms with Crippen LogP contribution in [0, 0.1) is 6.92 Å². The number of benzene rings is 2. The molecule has 0 aliphatic rings. The van der Waals surface area contributed by atoms with E-state index >= 15 is 0 Å². The zero-order valence-corrected chi connectivity index (χ0v) is 17.7. The molecule has 2 aromatic rings. The van der Waals surface area contributed by atoms with E-state index in [4.69, 9.17) is 4.74 Å². The Morgan fingerprint density at radius 1 is 1.07 bits per heavy atom. The molecule has 0 saturated heterocycles. The van der Waals surface area contributed by atoms with Crippen molar-refractivity contribution in [3.05, 3.63) is 59.2 Å². The average Bonchev–Trinajstić information content (AvgIpc) is 2.69. The largest absolute Gasteiger partial charge is 0.497 e. The minimum Gasteiger partial charge on any atom is -0.497 e. The topological polar surface area (TPSA) is 75.7 Å². The van der Waals surface area contributed by atoms with Crippen molar-refractivity contribution in [1.82, 2.24) is 9.62 Å². The molecule has 0 aliphatic heterocycles. The van der Waals surface area contributed by atoms with E-state index in [0.29, 0.717) is 37.2 Å². The first-order valence-electron chi connectivity index (χ1n) is 9.35. The second-order valence-corrected chi connectivity index (χ2v) is 8.33. The monoisotopic (exact) mass is 404 g/mol. The first-order chi connectivity index (χ1) is 13.3. The van der Waals surface area contributed by atoms with Gasteiger partial charge >= 0.3 is 0 Å². The smallest absolute Gasteiger partial charge is 0.251 e. The van der Waals surface area contributed by atoms with Gasteiger partial charge in [-0.15, -0.1) is 0 Å². The highest BCUT2D eigenvalue weighted by molar-refractivity contribution is 7.89. The Labute approximate surface area is 167 Å². The number of nitrogens with zero attached hydrogens (tertiary/aromatic N) is 1. The minimum absolute atomic E-state index is 0.180. The van der Waals surface area contributed by atoms with Gasteiger partial charge in [-0.2, -0.15) is 4.31 Å². The van der Waals surface area contributed by atoms with Crippen molar-refractivity contribution >= 4 is 15.9 Å². The standard InChI is InChI=1S/C21H28N2O4S/c1-5-23(6-2)28(25,26)20-15-18(10-7-16(20)3)21(24)22-14-13-17-8-11-19(27-4)12-9-17/h7-12,15H,5-6,13-14H2,1-4H3,(H,22,24).